The van der Waals surface area contributed by atoms with Crippen molar-refractivity contribution in [2.24, 2.45) is 0 Å². The van der Waals surface area contributed by atoms with Gasteiger partial charge in [0, 0.05) is 61.7 Å². The average molecular weight is 477 g/mol. The molecule has 2 heterocycles. The maximum Gasteiger partial charge on any atom is 0.236 e. The van der Waals surface area contributed by atoms with Crippen LogP contribution in [-0.4, -0.2) is 62.1 Å². The van der Waals surface area contributed by atoms with Gasteiger partial charge in [-0.3, -0.25) is 9.59 Å². The summed E-state index contributed by atoms with van der Waals surface area (Å²) in [4.78, 5) is 28.2. The van der Waals surface area contributed by atoms with Gasteiger partial charge in [0.2, 0.25) is 11.8 Å². The van der Waals surface area contributed by atoms with E-state index >= 15 is 0 Å². The highest BCUT2D eigenvalue weighted by Crippen LogP contribution is 2.29. The fourth-order valence-corrected chi connectivity index (χ4v) is 4.43. The predicted octanol–water partition coefficient (Wildman–Crippen LogP) is 3.12. The van der Waals surface area contributed by atoms with Crippen LogP contribution in [0, 0.1) is 11.6 Å². The Kier molecular flexibility index (Phi) is 8.66. The number of piperidine rings is 1. The van der Waals surface area contributed by atoms with E-state index in [0.29, 0.717) is 38.2 Å². The molecule has 2 N–H and O–H groups in total. The number of nitrogens with zero attached hydrogens (tertiary/aromatic N) is 2. The summed E-state index contributed by atoms with van der Waals surface area (Å²) in [5, 5.41) is 6.18. The smallest absolute Gasteiger partial charge is 0.236 e. The van der Waals surface area contributed by atoms with Crippen LogP contribution in [0.3, 0.4) is 0 Å². The van der Waals surface area contributed by atoms with Crippen LogP contribution < -0.4 is 20.3 Å². The van der Waals surface area contributed by atoms with Crippen molar-refractivity contribution < 1.29 is 23.1 Å². The van der Waals surface area contributed by atoms with Gasteiger partial charge in [-0.1, -0.05) is 19.1 Å². The Bertz CT molecular complexity index is 956. The fraction of sp³-hybridized carbons (Fsp3) is 0.520. The SMILES string of the molecule is CC/C=C1/NC(=O)CC/C1=C/C(C)NCC(=O)N1CCN(c2cc(F)c(OC)c(F)c2)CC1C. The average Bonchev–Trinajstić information content (AvgIpc) is 2.79. The van der Waals surface area contributed by atoms with Crippen LogP contribution in [0.4, 0.5) is 14.5 Å². The summed E-state index contributed by atoms with van der Waals surface area (Å²) >= 11 is 0. The summed E-state index contributed by atoms with van der Waals surface area (Å²) < 4.78 is 33.0. The minimum absolute atomic E-state index is 0.0224. The minimum Gasteiger partial charge on any atom is -0.491 e. The van der Waals surface area contributed by atoms with Gasteiger partial charge in [0.05, 0.1) is 13.7 Å². The quantitative estimate of drug-likeness (QED) is 0.633. The van der Waals surface area contributed by atoms with Gasteiger partial charge in [0.15, 0.2) is 17.4 Å². The molecule has 2 aliphatic rings. The third kappa shape index (κ3) is 6.14. The van der Waals surface area contributed by atoms with Crippen molar-refractivity contribution >= 4 is 17.5 Å². The topological polar surface area (TPSA) is 73.9 Å². The first-order valence-corrected chi connectivity index (χ1v) is 11.7. The van der Waals surface area contributed by atoms with E-state index in [4.69, 9.17) is 4.74 Å². The fourth-order valence-electron chi connectivity index (χ4n) is 4.43. The Balaban J connectivity index is 1.55. The molecule has 2 saturated heterocycles. The zero-order valence-electron chi connectivity index (χ0n) is 20.3. The Hall–Kier alpha value is -2.94. The van der Waals surface area contributed by atoms with E-state index in [0.717, 1.165) is 17.7 Å². The number of carbonyl (C=O) groups excluding carboxylic acids is 2. The Morgan fingerprint density at radius 3 is 2.62 bits per heavy atom. The third-order valence-electron chi connectivity index (χ3n) is 6.18. The molecule has 2 aliphatic heterocycles. The van der Waals surface area contributed by atoms with Crippen molar-refractivity contribution in [2.75, 3.05) is 38.2 Å². The number of allylic oxidation sites excluding steroid dienone is 2. The van der Waals surface area contributed by atoms with E-state index in [-0.39, 0.29) is 30.4 Å². The van der Waals surface area contributed by atoms with Gasteiger partial charge in [0.25, 0.3) is 0 Å². The van der Waals surface area contributed by atoms with Crippen LogP contribution in [0.25, 0.3) is 0 Å². The largest absolute Gasteiger partial charge is 0.491 e. The van der Waals surface area contributed by atoms with Crippen molar-refractivity contribution in [3.05, 3.63) is 47.2 Å². The molecule has 186 valence electrons. The van der Waals surface area contributed by atoms with Gasteiger partial charge in [-0.25, -0.2) is 8.78 Å². The van der Waals surface area contributed by atoms with E-state index in [1.165, 1.54) is 19.2 Å². The Labute approximate surface area is 199 Å². The normalized spacial score (nSPS) is 22.2. The molecular weight excluding hydrogens is 442 g/mol. The van der Waals surface area contributed by atoms with Crippen molar-refractivity contribution in [1.29, 1.82) is 0 Å². The van der Waals surface area contributed by atoms with E-state index in [2.05, 4.69) is 16.7 Å². The number of hydrogen-bond donors (Lipinski definition) is 2. The van der Waals surface area contributed by atoms with Crippen LogP contribution in [0.1, 0.15) is 40.0 Å². The van der Waals surface area contributed by atoms with E-state index in [1.54, 1.807) is 4.90 Å². The summed E-state index contributed by atoms with van der Waals surface area (Å²) in [7, 11) is 1.23. The Morgan fingerprint density at radius 2 is 2.00 bits per heavy atom. The molecule has 2 unspecified atom stereocenters. The Morgan fingerprint density at radius 1 is 1.29 bits per heavy atom. The number of benzene rings is 1. The lowest BCUT2D eigenvalue weighted by Crippen LogP contribution is -2.56. The standard InChI is InChI=1S/C25H34F2N4O3/c1-5-6-22-18(7-8-23(32)29-22)11-16(2)28-14-24(33)31-10-9-30(15-17(31)3)19-12-20(26)25(34-4)21(27)13-19/h6,11-13,16-17,28H,5,7-10,14-15H2,1-4H3,(H,29,32)/b18-11-,22-6+. The second kappa shape index (κ2) is 11.5. The van der Waals surface area contributed by atoms with Crippen molar-refractivity contribution in [3.63, 3.8) is 0 Å². The molecule has 2 atom stereocenters. The predicted molar refractivity (Wildman–Crippen MR) is 128 cm³/mol. The highest BCUT2D eigenvalue weighted by Gasteiger charge is 2.28. The lowest BCUT2D eigenvalue weighted by Gasteiger charge is -2.41. The number of methoxy groups -OCH3 is 1. The molecule has 0 aliphatic carbocycles. The number of anilines is 1. The molecule has 2 fully saturated rings. The van der Waals surface area contributed by atoms with Gasteiger partial charge in [-0.15, -0.1) is 0 Å². The van der Waals surface area contributed by atoms with E-state index in [1.807, 2.05) is 31.7 Å². The van der Waals surface area contributed by atoms with Crippen LogP contribution in [0.2, 0.25) is 0 Å². The number of hydrogen-bond acceptors (Lipinski definition) is 5. The zero-order valence-corrected chi connectivity index (χ0v) is 20.3. The highest BCUT2D eigenvalue weighted by molar-refractivity contribution is 5.81. The third-order valence-corrected chi connectivity index (χ3v) is 6.18. The second-order valence-corrected chi connectivity index (χ2v) is 8.76. The van der Waals surface area contributed by atoms with Crippen molar-refractivity contribution in [3.8, 4) is 5.75 Å². The number of ether oxygens (including phenoxy) is 1. The number of rotatable bonds is 7. The number of halogens is 2. The molecule has 1 aromatic carbocycles. The zero-order chi connectivity index (χ0) is 24.8. The van der Waals surface area contributed by atoms with Crippen LogP contribution in [0.15, 0.2) is 35.6 Å². The molecule has 0 saturated carbocycles. The number of nitrogens with one attached hydrogen (secondary N) is 2. The van der Waals surface area contributed by atoms with Crippen LogP contribution in [-0.2, 0) is 9.59 Å². The summed E-state index contributed by atoms with van der Waals surface area (Å²) in [6.07, 6.45) is 6.03. The van der Waals surface area contributed by atoms with E-state index in [9.17, 15) is 18.4 Å². The first-order chi connectivity index (χ1) is 16.2. The van der Waals surface area contributed by atoms with Gasteiger partial charge >= 0.3 is 0 Å². The van der Waals surface area contributed by atoms with Crippen molar-refractivity contribution in [2.45, 2.75) is 52.1 Å². The maximum absolute atomic E-state index is 14.1. The number of carbonyl (C=O) groups is 2. The van der Waals surface area contributed by atoms with Gasteiger partial charge in [0.1, 0.15) is 0 Å². The first kappa shape index (κ1) is 25.7. The first-order valence-electron chi connectivity index (χ1n) is 11.7. The number of piperazine rings is 1. The van der Waals surface area contributed by atoms with Gasteiger partial charge in [-0.05, 0) is 32.3 Å². The lowest BCUT2D eigenvalue weighted by atomic mass is 9.99. The highest BCUT2D eigenvalue weighted by atomic mass is 19.1. The molecule has 3 rings (SSSR count). The van der Waals surface area contributed by atoms with Crippen LogP contribution in [0.5, 0.6) is 5.75 Å². The second-order valence-electron chi connectivity index (χ2n) is 8.76. The summed E-state index contributed by atoms with van der Waals surface area (Å²) in [6.45, 7) is 7.52. The molecule has 0 radical (unpaired) electrons. The van der Waals surface area contributed by atoms with Gasteiger partial charge in [-0.2, -0.15) is 0 Å². The summed E-state index contributed by atoms with van der Waals surface area (Å²) in [5.41, 5.74) is 2.37. The van der Waals surface area contributed by atoms with E-state index < -0.39 is 17.4 Å². The number of amides is 2. The molecule has 1 aromatic rings. The molecule has 0 bridgehead atoms. The minimum atomic E-state index is -0.745. The molecule has 2 amide bonds. The van der Waals surface area contributed by atoms with Crippen molar-refractivity contribution in [1.82, 2.24) is 15.5 Å². The molecule has 7 nitrogen and oxygen atoms in total. The lowest BCUT2D eigenvalue weighted by molar-refractivity contribution is -0.132. The van der Waals surface area contributed by atoms with Gasteiger partial charge < -0.3 is 25.2 Å². The van der Waals surface area contributed by atoms with Crippen LogP contribution >= 0.6 is 0 Å². The molecule has 9 heteroatoms. The maximum atomic E-state index is 14.1. The summed E-state index contributed by atoms with van der Waals surface area (Å²) in [5.74, 6) is -1.88. The summed E-state index contributed by atoms with van der Waals surface area (Å²) in [6, 6.07) is 2.36. The molecule has 0 spiro atoms. The monoisotopic (exact) mass is 476 g/mol. The molecular formula is C25H34F2N4O3. The molecule has 0 aromatic heterocycles. The molecule has 34 heavy (non-hydrogen) atoms.